The van der Waals surface area contributed by atoms with Gasteiger partial charge in [-0.15, -0.1) is 0 Å². The second-order valence-electron chi connectivity index (χ2n) is 8.15. The van der Waals surface area contributed by atoms with Crippen molar-refractivity contribution in [2.45, 2.75) is 18.4 Å². The average Bonchev–Trinajstić information content (AvgIpc) is 3.37. The number of hydrogen-bond acceptors (Lipinski definition) is 7. The summed E-state index contributed by atoms with van der Waals surface area (Å²) in [5.74, 6) is -0.548. The minimum atomic E-state index is -0.360. The lowest BCUT2D eigenvalue weighted by molar-refractivity contribution is -0.122. The first-order valence-corrected chi connectivity index (χ1v) is 13.0. The van der Waals surface area contributed by atoms with Gasteiger partial charge in [-0.3, -0.25) is 9.69 Å². The van der Waals surface area contributed by atoms with E-state index in [0.717, 1.165) is 21.3 Å². The Labute approximate surface area is 217 Å². The van der Waals surface area contributed by atoms with Gasteiger partial charge in [-0.05, 0) is 66.7 Å². The highest BCUT2D eigenvalue weighted by Crippen LogP contribution is 2.50. The molecule has 1 saturated heterocycles. The summed E-state index contributed by atoms with van der Waals surface area (Å²) in [6.07, 6.45) is 0. The van der Waals surface area contributed by atoms with E-state index >= 15 is 0 Å². The number of fused-ring (bicyclic) bond motifs is 1. The van der Waals surface area contributed by atoms with Crippen LogP contribution in [0.5, 0.6) is 0 Å². The standard InChI is InChI=1S/C27H22FN5OS2/c1-3-30-20-12-11-17(15-29)14-21(20)31-27-33(16-18-7-6-8-19(28)13-18)25(34)24(36-27)26-32(2)22-9-4-5-10-23(22)35-26/h4-14,30H,3,16H2,1-2H3/b26-24-,31-27?. The van der Waals surface area contributed by atoms with Crippen LogP contribution in [0.4, 0.5) is 21.5 Å². The van der Waals surface area contributed by atoms with Crippen molar-refractivity contribution in [3.05, 3.63) is 93.6 Å². The molecule has 1 fully saturated rings. The van der Waals surface area contributed by atoms with Gasteiger partial charge in [0.05, 0.1) is 40.3 Å². The molecule has 0 aromatic heterocycles. The Balaban J connectivity index is 1.60. The summed E-state index contributed by atoms with van der Waals surface area (Å²) in [7, 11) is 1.95. The summed E-state index contributed by atoms with van der Waals surface area (Å²) >= 11 is 2.84. The Hall–Kier alpha value is -3.74. The molecule has 2 aliphatic rings. The highest BCUT2D eigenvalue weighted by atomic mass is 32.2. The Morgan fingerprint density at radius 2 is 1.92 bits per heavy atom. The molecule has 6 nitrogen and oxygen atoms in total. The molecule has 1 amide bonds. The minimum absolute atomic E-state index is 0.176. The van der Waals surface area contributed by atoms with Gasteiger partial charge in [0.15, 0.2) is 5.17 Å². The molecule has 36 heavy (non-hydrogen) atoms. The van der Waals surface area contributed by atoms with E-state index in [-0.39, 0.29) is 18.3 Å². The number of anilines is 2. The minimum Gasteiger partial charge on any atom is -0.384 e. The number of carbonyl (C=O) groups is 1. The maximum Gasteiger partial charge on any atom is 0.269 e. The predicted octanol–water partition coefficient (Wildman–Crippen LogP) is 6.30. The van der Waals surface area contributed by atoms with Crippen LogP contribution in [0.15, 0.2) is 86.6 Å². The van der Waals surface area contributed by atoms with Gasteiger partial charge in [0.2, 0.25) is 0 Å². The molecule has 2 aliphatic heterocycles. The van der Waals surface area contributed by atoms with Crippen LogP contribution in [0.2, 0.25) is 0 Å². The van der Waals surface area contributed by atoms with Crippen LogP contribution in [0.25, 0.3) is 0 Å². The zero-order valence-electron chi connectivity index (χ0n) is 19.7. The van der Waals surface area contributed by atoms with Gasteiger partial charge < -0.3 is 10.2 Å². The number of carbonyl (C=O) groups excluding carboxylic acids is 1. The van der Waals surface area contributed by atoms with E-state index in [0.29, 0.717) is 33.4 Å². The molecule has 0 bridgehead atoms. The van der Waals surface area contributed by atoms with E-state index in [2.05, 4.69) is 11.4 Å². The lowest BCUT2D eigenvalue weighted by Crippen LogP contribution is -2.29. The Morgan fingerprint density at radius 3 is 2.67 bits per heavy atom. The molecule has 0 unspecified atom stereocenters. The normalized spacial score (nSPS) is 18.1. The molecule has 9 heteroatoms. The Bertz CT molecular complexity index is 1460. The lowest BCUT2D eigenvalue weighted by atomic mass is 10.2. The zero-order chi connectivity index (χ0) is 25.2. The molecular formula is C27H22FN5OS2. The van der Waals surface area contributed by atoms with Crippen molar-refractivity contribution in [3.8, 4) is 6.07 Å². The topological polar surface area (TPSA) is 71.7 Å². The molecule has 0 radical (unpaired) electrons. The number of aliphatic imine (C=N–C) groups is 1. The van der Waals surface area contributed by atoms with Crippen LogP contribution in [-0.2, 0) is 11.3 Å². The number of para-hydroxylation sites is 1. The summed E-state index contributed by atoms with van der Waals surface area (Å²) in [6, 6.07) is 21.6. The van der Waals surface area contributed by atoms with Crippen LogP contribution in [0.1, 0.15) is 18.1 Å². The number of nitriles is 1. The van der Waals surface area contributed by atoms with Gasteiger partial charge in [0, 0.05) is 18.5 Å². The second kappa shape index (κ2) is 10.1. The third-order valence-electron chi connectivity index (χ3n) is 5.74. The van der Waals surface area contributed by atoms with Crippen LogP contribution in [0, 0.1) is 17.1 Å². The SMILES string of the molecule is CCNc1ccc(C#N)cc1N=C1S/C(=C2\Sc3ccccc3N2C)C(=O)N1Cc1cccc(F)c1. The second-order valence-corrected chi connectivity index (χ2v) is 10.2. The summed E-state index contributed by atoms with van der Waals surface area (Å²) in [4.78, 5) is 23.9. The number of benzene rings is 3. The van der Waals surface area contributed by atoms with Crippen molar-refractivity contribution in [2.75, 3.05) is 23.8 Å². The maximum atomic E-state index is 13.9. The van der Waals surface area contributed by atoms with E-state index in [1.807, 2.05) is 49.2 Å². The van der Waals surface area contributed by atoms with Gasteiger partial charge >= 0.3 is 0 Å². The zero-order valence-corrected chi connectivity index (χ0v) is 21.3. The number of nitrogens with zero attached hydrogens (tertiary/aromatic N) is 4. The van der Waals surface area contributed by atoms with Crippen molar-refractivity contribution < 1.29 is 9.18 Å². The first-order chi connectivity index (χ1) is 17.5. The number of rotatable bonds is 5. The van der Waals surface area contributed by atoms with Gasteiger partial charge in [-0.1, -0.05) is 36.0 Å². The highest BCUT2D eigenvalue weighted by molar-refractivity contribution is 8.19. The van der Waals surface area contributed by atoms with Crippen LogP contribution < -0.4 is 10.2 Å². The molecule has 2 heterocycles. The molecule has 0 saturated carbocycles. The molecule has 3 aromatic carbocycles. The van der Waals surface area contributed by atoms with Crippen LogP contribution in [0.3, 0.4) is 0 Å². The summed E-state index contributed by atoms with van der Waals surface area (Å²) in [5, 5.41) is 14.0. The third-order valence-corrected chi connectivity index (χ3v) is 8.17. The van der Waals surface area contributed by atoms with E-state index in [1.54, 1.807) is 40.9 Å². The lowest BCUT2D eigenvalue weighted by Gasteiger charge is -2.17. The van der Waals surface area contributed by atoms with Crippen molar-refractivity contribution >= 4 is 51.7 Å². The average molecular weight is 516 g/mol. The van der Waals surface area contributed by atoms with Crippen molar-refractivity contribution in [2.24, 2.45) is 4.99 Å². The van der Waals surface area contributed by atoms with Gasteiger partial charge in [-0.2, -0.15) is 5.26 Å². The monoisotopic (exact) mass is 515 g/mol. The molecular weight excluding hydrogens is 493 g/mol. The fourth-order valence-electron chi connectivity index (χ4n) is 4.01. The number of hydrogen-bond donors (Lipinski definition) is 1. The molecule has 0 spiro atoms. The van der Waals surface area contributed by atoms with E-state index in [1.165, 1.54) is 23.9 Å². The highest BCUT2D eigenvalue weighted by Gasteiger charge is 2.39. The van der Waals surface area contributed by atoms with E-state index in [9.17, 15) is 14.4 Å². The fourth-order valence-corrected chi connectivity index (χ4v) is 6.35. The summed E-state index contributed by atoms with van der Waals surface area (Å²) in [5.41, 5.74) is 3.51. The number of halogens is 1. The molecule has 180 valence electrons. The predicted molar refractivity (Wildman–Crippen MR) is 145 cm³/mol. The fraction of sp³-hybridized carbons (Fsp3) is 0.148. The van der Waals surface area contributed by atoms with Crippen molar-refractivity contribution in [3.63, 3.8) is 0 Å². The first kappa shape index (κ1) is 24.0. The first-order valence-electron chi connectivity index (χ1n) is 11.3. The van der Waals surface area contributed by atoms with Crippen molar-refractivity contribution in [1.29, 1.82) is 5.26 Å². The van der Waals surface area contributed by atoms with Crippen LogP contribution >= 0.6 is 23.5 Å². The number of nitrogens with one attached hydrogen (secondary N) is 1. The third kappa shape index (κ3) is 4.57. The Kier molecular flexibility index (Phi) is 6.72. The van der Waals surface area contributed by atoms with E-state index in [4.69, 9.17) is 4.99 Å². The largest absolute Gasteiger partial charge is 0.384 e. The molecule has 1 N–H and O–H groups in total. The molecule has 0 atom stereocenters. The smallest absolute Gasteiger partial charge is 0.269 e. The number of amides is 1. The van der Waals surface area contributed by atoms with Crippen molar-refractivity contribution in [1.82, 2.24) is 4.90 Å². The molecule has 0 aliphatic carbocycles. The quantitative estimate of drug-likeness (QED) is 0.402. The number of thioether (sulfide) groups is 2. The summed E-state index contributed by atoms with van der Waals surface area (Å²) in [6.45, 7) is 2.83. The molecule has 3 aromatic rings. The van der Waals surface area contributed by atoms with Gasteiger partial charge in [0.1, 0.15) is 10.7 Å². The van der Waals surface area contributed by atoms with Crippen LogP contribution in [-0.4, -0.2) is 29.6 Å². The molecule has 5 rings (SSSR count). The Morgan fingerprint density at radius 1 is 1.08 bits per heavy atom. The summed E-state index contributed by atoms with van der Waals surface area (Å²) < 4.78 is 13.9. The van der Waals surface area contributed by atoms with Gasteiger partial charge in [-0.25, -0.2) is 9.38 Å². The van der Waals surface area contributed by atoms with Gasteiger partial charge in [0.25, 0.3) is 5.91 Å². The van der Waals surface area contributed by atoms with E-state index < -0.39 is 0 Å². The maximum absolute atomic E-state index is 13.9. The number of amidine groups is 1.